The molecule has 0 saturated heterocycles. The summed E-state index contributed by atoms with van der Waals surface area (Å²) >= 11 is 0. The van der Waals surface area contributed by atoms with E-state index in [1.165, 1.54) is 72.8 Å². The number of rotatable bonds is 4. The molecule has 0 aromatic heterocycles. The van der Waals surface area contributed by atoms with Crippen molar-refractivity contribution >= 4 is 0 Å². The summed E-state index contributed by atoms with van der Waals surface area (Å²) in [5.74, 6) is -7.82. The summed E-state index contributed by atoms with van der Waals surface area (Å²) in [6, 6.07) is 21.8. The minimum absolute atomic E-state index is 0.0125. The van der Waals surface area contributed by atoms with Crippen LogP contribution in [0.25, 0.3) is 0 Å². The summed E-state index contributed by atoms with van der Waals surface area (Å²) in [6.07, 6.45) is -7.17. The van der Waals surface area contributed by atoms with Crippen LogP contribution in [-0.2, 0) is 12.2 Å². The first-order valence-electron chi connectivity index (χ1n) is 18.9. The van der Waals surface area contributed by atoms with Crippen LogP contribution >= 0.6 is 0 Å². The second-order valence-corrected chi connectivity index (χ2v) is 15.4. The Bertz CT molecular complexity index is 2700. The Morgan fingerprint density at radius 1 is 0.467 bits per heavy atom. The summed E-state index contributed by atoms with van der Waals surface area (Å²) in [4.78, 5) is 0. The summed E-state index contributed by atoms with van der Waals surface area (Å²) in [7, 11) is 0. The molecule has 15 heteroatoms. The minimum Gasteiger partial charge on any atom is -0.508 e. The molecule has 0 radical (unpaired) electrons. The Morgan fingerprint density at radius 2 is 0.983 bits per heavy atom. The van der Waals surface area contributed by atoms with Crippen molar-refractivity contribution in [1.29, 1.82) is 0 Å². The molecule has 8 atom stereocenters. The lowest BCUT2D eigenvalue weighted by molar-refractivity contribution is -0.219. The average molecular weight is 817 g/mol. The van der Waals surface area contributed by atoms with Crippen LogP contribution in [0.3, 0.4) is 0 Å². The van der Waals surface area contributed by atoms with Crippen LogP contribution in [0.2, 0.25) is 0 Å². The highest BCUT2D eigenvalue weighted by Crippen LogP contribution is 2.65. The Kier molecular flexibility index (Phi) is 8.13. The van der Waals surface area contributed by atoms with Crippen LogP contribution < -0.4 is 18.9 Å². The molecule has 11 N–H and O–H groups in total. The third-order valence-corrected chi connectivity index (χ3v) is 11.9. The highest BCUT2D eigenvalue weighted by atomic mass is 16.7. The van der Waals surface area contributed by atoms with E-state index in [1.807, 2.05) is 0 Å². The average Bonchev–Trinajstić information content (AvgIpc) is 3.20. The second kappa shape index (κ2) is 13.2. The molecule has 60 heavy (non-hydrogen) atoms. The number of hydrogen-bond acceptors (Lipinski definition) is 15. The van der Waals surface area contributed by atoms with Gasteiger partial charge >= 0.3 is 5.79 Å². The number of benzene rings is 6. The van der Waals surface area contributed by atoms with E-state index in [1.54, 1.807) is 12.1 Å². The van der Waals surface area contributed by atoms with Gasteiger partial charge in [-0.1, -0.05) is 24.3 Å². The Morgan fingerprint density at radius 3 is 1.62 bits per heavy atom. The number of aliphatic hydroxyl groups is 3. The number of phenolic OH excluding ortho intramolecular Hbond substituents is 8. The Labute approximate surface area is 339 Å². The molecule has 10 rings (SSSR count). The highest BCUT2D eigenvalue weighted by molar-refractivity contribution is 5.72. The third kappa shape index (κ3) is 5.40. The van der Waals surface area contributed by atoms with Gasteiger partial charge in [-0.2, -0.15) is 0 Å². The third-order valence-electron chi connectivity index (χ3n) is 11.9. The maximum atomic E-state index is 12.5. The molecule has 4 aliphatic heterocycles. The van der Waals surface area contributed by atoms with E-state index in [0.29, 0.717) is 11.1 Å². The van der Waals surface area contributed by atoms with Gasteiger partial charge in [-0.05, 0) is 59.7 Å². The van der Waals surface area contributed by atoms with Crippen LogP contribution in [0.4, 0.5) is 0 Å². The standard InChI is InChI=1S/C45H36O15/c46-21-7-1-18(2-8-21)40-30(54)15-25-26(50)16-28(52)34(42(25)57-40)37-35-29(53)17-32-36(43(35)58-41(39(37)55)19-3-9-22(47)10-4-19)38-33-27(51)13-24(49)14-31(33)59-45(60-32,44(38)56)20-5-11-23(48)12-6-20/h1-14,16-17,30,37-41,44,46-56H,15H2/t30-,37+,38+,39-,40+,41+,44-,45-/m0/s1. The monoisotopic (exact) mass is 816 g/mol. The highest BCUT2D eigenvalue weighted by Gasteiger charge is 2.61. The van der Waals surface area contributed by atoms with E-state index in [-0.39, 0.29) is 85.8 Å². The predicted octanol–water partition coefficient (Wildman–Crippen LogP) is 5.13. The van der Waals surface area contributed by atoms with E-state index >= 15 is 0 Å². The topological polar surface area (TPSA) is 259 Å². The van der Waals surface area contributed by atoms with Crippen LogP contribution in [0, 0.1) is 0 Å². The zero-order chi connectivity index (χ0) is 41.9. The molecule has 0 aliphatic carbocycles. The number of hydrogen-bond donors (Lipinski definition) is 11. The van der Waals surface area contributed by atoms with E-state index in [2.05, 4.69) is 0 Å². The molecular weight excluding hydrogens is 780 g/mol. The molecule has 6 aromatic carbocycles. The van der Waals surface area contributed by atoms with Crippen molar-refractivity contribution in [2.75, 3.05) is 0 Å². The molecule has 2 bridgehead atoms. The largest absolute Gasteiger partial charge is 0.508 e. The van der Waals surface area contributed by atoms with Gasteiger partial charge in [0.25, 0.3) is 0 Å². The lowest BCUT2D eigenvalue weighted by Gasteiger charge is -2.51. The van der Waals surface area contributed by atoms with Gasteiger partial charge in [0.05, 0.1) is 17.9 Å². The van der Waals surface area contributed by atoms with Crippen LogP contribution in [0.1, 0.15) is 68.6 Å². The van der Waals surface area contributed by atoms with Crippen molar-refractivity contribution < 1.29 is 75.1 Å². The number of phenols is 8. The van der Waals surface area contributed by atoms with Gasteiger partial charge < -0.3 is 75.1 Å². The lowest BCUT2D eigenvalue weighted by Crippen LogP contribution is -2.57. The van der Waals surface area contributed by atoms with E-state index in [9.17, 15) is 56.2 Å². The van der Waals surface area contributed by atoms with Gasteiger partial charge in [-0.25, -0.2) is 0 Å². The molecule has 15 nitrogen and oxygen atoms in total. The van der Waals surface area contributed by atoms with Crippen LogP contribution in [0.15, 0.2) is 97.1 Å². The normalized spacial score (nSPS) is 25.8. The second-order valence-electron chi connectivity index (χ2n) is 15.4. The molecule has 0 fully saturated rings. The van der Waals surface area contributed by atoms with Crippen molar-refractivity contribution in [3.8, 4) is 69.0 Å². The maximum absolute atomic E-state index is 12.5. The number of fused-ring (bicyclic) bond motifs is 9. The zero-order valence-corrected chi connectivity index (χ0v) is 31.0. The van der Waals surface area contributed by atoms with Crippen LogP contribution in [0.5, 0.6) is 69.0 Å². The molecule has 0 unspecified atom stereocenters. The first-order chi connectivity index (χ1) is 28.7. The van der Waals surface area contributed by atoms with Gasteiger partial charge in [0, 0.05) is 64.1 Å². The molecule has 6 aromatic rings. The fourth-order valence-corrected chi connectivity index (χ4v) is 9.17. The number of ether oxygens (including phenoxy) is 4. The van der Waals surface area contributed by atoms with Crippen molar-refractivity contribution in [2.45, 2.75) is 54.6 Å². The van der Waals surface area contributed by atoms with Crippen molar-refractivity contribution in [2.24, 2.45) is 0 Å². The lowest BCUT2D eigenvalue weighted by atomic mass is 9.71. The smallest absolute Gasteiger partial charge is 0.305 e. The Balaban J connectivity index is 1.24. The van der Waals surface area contributed by atoms with Gasteiger partial charge in [0.15, 0.2) is 6.10 Å². The molecule has 0 spiro atoms. The first kappa shape index (κ1) is 37.1. The summed E-state index contributed by atoms with van der Waals surface area (Å²) in [5, 5.41) is 124. The SMILES string of the molecule is Oc1ccc([C@H]2Oc3c(c(O)cc4c3[C@H]3c5c(O)cc(O)cc5O[C@@](c5ccc(O)cc5)(O4)[C@H]3O)[C@@H](c3c(O)cc(O)c4c3O[C@H](c3ccc(O)cc3)[C@@H](O)C4)[C@@H]2O)cc1. The predicted molar refractivity (Wildman–Crippen MR) is 207 cm³/mol. The van der Waals surface area contributed by atoms with Crippen molar-refractivity contribution in [3.63, 3.8) is 0 Å². The van der Waals surface area contributed by atoms with E-state index < -0.39 is 71.1 Å². The van der Waals surface area contributed by atoms with Gasteiger partial charge in [0.1, 0.15) is 87.3 Å². The maximum Gasteiger partial charge on any atom is 0.305 e. The molecule has 4 aliphatic rings. The first-order valence-corrected chi connectivity index (χ1v) is 18.9. The summed E-state index contributed by atoms with van der Waals surface area (Å²) in [6.45, 7) is 0. The fourth-order valence-electron chi connectivity index (χ4n) is 9.17. The summed E-state index contributed by atoms with van der Waals surface area (Å²) in [5.41, 5.74) is 0.936. The van der Waals surface area contributed by atoms with Gasteiger partial charge in [-0.15, -0.1) is 0 Å². The molecule has 0 amide bonds. The minimum atomic E-state index is -2.09. The zero-order valence-electron chi connectivity index (χ0n) is 31.0. The number of aromatic hydroxyl groups is 8. The Hall–Kier alpha value is -7.20. The number of aliphatic hydroxyl groups excluding tert-OH is 3. The van der Waals surface area contributed by atoms with Crippen molar-refractivity contribution in [3.05, 3.63) is 142 Å². The quantitative estimate of drug-likeness (QED) is 0.110. The van der Waals surface area contributed by atoms with E-state index in [0.717, 1.165) is 12.1 Å². The molecular formula is C45H36O15. The van der Waals surface area contributed by atoms with Gasteiger partial charge in [0.2, 0.25) is 0 Å². The summed E-state index contributed by atoms with van der Waals surface area (Å²) < 4.78 is 26.0. The van der Waals surface area contributed by atoms with Gasteiger partial charge in [-0.3, -0.25) is 0 Å². The molecule has 4 heterocycles. The molecule has 306 valence electrons. The fraction of sp³-hybridized carbons (Fsp3) is 0.200. The van der Waals surface area contributed by atoms with E-state index in [4.69, 9.17) is 18.9 Å². The van der Waals surface area contributed by atoms with Crippen LogP contribution in [-0.4, -0.2) is 74.5 Å². The molecule has 0 saturated carbocycles. The van der Waals surface area contributed by atoms with Crippen molar-refractivity contribution in [1.82, 2.24) is 0 Å².